The molecule has 4 aromatic rings. The number of nitrogens with zero attached hydrogens (tertiary/aromatic N) is 5. The van der Waals surface area contributed by atoms with Crippen LogP contribution < -0.4 is 20.9 Å². The molecular weight excluding hydrogens is 596 g/mol. The average molecular weight is 633 g/mol. The van der Waals surface area contributed by atoms with Crippen LogP contribution in [0.2, 0.25) is 0 Å². The third-order valence-corrected chi connectivity index (χ3v) is 8.20. The van der Waals surface area contributed by atoms with Crippen molar-refractivity contribution in [3.8, 4) is 22.4 Å². The van der Waals surface area contributed by atoms with Gasteiger partial charge in [-0.3, -0.25) is 10.3 Å². The van der Waals surface area contributed by atoms with Crippen molar-refractivity contribution in [2.24, 2.45) is 0 Å². The van der Waals surface area contributed by atoms with Gasteiger partial charge >= 0.3 is 18.1 Å². The molecule has 0 unspecified atom stereocenters. The molecule has 0 aliphatic carbocycles. The molecule has 0 radical (unpaired) electrons. The second kappa shape index (κ2) is 13.0. The minimum absolute atomic E-state index is 0.296. The Morgan fingerprint density at radius 2 is 1.78 bits per heavy atom. The van der Waals surface area contributed by atoms with Crippen molar-refractivity contribution < 1.29 is 23.9 Å². The number of piperidine rings is 1. The van der Waals surface area contributed by atoms with Crippen molar-refractivity contribution in [3.05, 3.63) is 48.9 Å². The normalized spacial score (nSPS) is 14.5. The predicted molar refractivity (Wildman–Crippen MR) is 172 cm³/mol. The Morgan fingerprint density at radius 1 is 1.04 bits per heavy atom. The van der Waals surface area contributed by atoms with Gasteiger partial charge in [-0.05, 0) is 70.4 Å². The number of hydrogen-bond donors (Lipinski definition) is 3. The van der Waals surface area contributed by atoms with Gasteiger partial charge in [-0.1, -0.05) is 17.4 Å². The number of thiazole rings is 1. The SMILES string of the molecule is CCNC(=O)Nc1nc2cc(-c3cnc(N4CCC(NC(=O)OC(C)(C)C)(C(=O)OC)CC4)nc3)cc(-c3ccccn3)c2s1. The molecule has 1 saturated heterocycles. The molecule has 1 aliphatic rings. The zero-order valence-corrected chi connectivity index (χ0v) is 26.7. The molecule has 5 rings (SSSR count). The molecule has 1 aromatic carbocycles. The Morgan fingerprint density at radius 3 is 2.40 bits per heavy atom. The summed E-state index contributed by atoms with van der Waals surface area (Å²) in [7, 11) is 1.30. The maximum atomic E-state index is 12.8. The molecule has 3 amide bonds. The lowest BCUT2D eigenvalue weighted by atomic mass is 9.87. The molecular formula is C31H36N8O5S. The molecule has 4 heterocycles. The zero-order valence-electron chi connectivity index (χ0n) is 25.8. The number of benzene rings is 1. The fourth-order valence-corrected chi connectivity index (χ4v) is 6.03. The average Bonchev–Trinajstić information content (AvgIpc) is 3.42. The fraction of sp³-hybridized carbons (Fsp3) is 0.387. The number of anilines is 2. The number of methoxy groups -OCH3 is 1. The summed E-state index contributed by atoms with van der Waals surface area (Å²) in [6.45, 7) is 8.47. The number of ether oxygens (including phenoxy) is 2. The summed E-state index contributed by atoms with van der Waals surface area (Å²) < 4.78 is 11.3. The summed E-state index contributed by atoms with van der Waals surface area (Å²) in [4.78, 5) is 57.9. The fourth-order valence-electron chi connectivity index (χ4n) is 5.06. The van der Waals surface area contributed by atoms with Crippen LogP contribution in [0.3, 0.4) is 0 Å². The molecule has 0 saturated carbocycles. The topological polar surface area (TPSA) is 161 Å². The Labute approximate surface area is 264 Å². The Kier molecular flexibility index (Phi) is 9.14. The van der Waals surface area contributed by atoms with Gasteiger partial charge in [0.25, 0.3) is 0 Å². The molecule has 1 aliphatic heterocycles. The Hall–Kier alpha value is -4.85. The van der Waals surface area contributed by atoms with Gasteiger partial charge in [-0.25, -0.2) is 29.3 Å². The summed E-state index contributed by atoms with van der Waals surface area (Å²) >= 11 is 1.38. The van der Waals surface area contributed by atoms with E-state index >= 15 is 0 Å². The second-order valence-electron chi connectivity index (χ2n) is 11.5. The number of alkyl carbamates (subject to hydrolysis) is 1. The monoisotopic (exact) mass is 632 g/mol. The van der Waals surface area contributed by atoms with E-state index in [1.54, 1.807) is 39.4 Å². The first kappa shape index (κ1) is 31.6. The first-order chi connectivity index (χ1) is 21.5. The third kappa shape index (κ3) is 7.28. The van der Waals surface area contributed by atoms with Crippen LogP contribution in [-0.4, -0.2) is 75.9 Å². The summed E-state index contributed by atoms with van der Waals surface area (Å²) in [5, 5.41) is 8.75. The van der Waals surface area contributed by atoms with Gasteiger partial charge in [0.2, 0.25) is 5.95 Å². The highest BCUT2D eigenvalue weighted by molar-refractivity contribution is 7.22. The molecule has 236 valence electrons. The largest absolute Gasteiger partial charge is 0.467 e. The molecule has 0 spiro atoms. The maximum absolute atomic E-state index is 12.8. The van der Waals surface area contributed by atoms with E-state index in [0.29, 0.717) is 49.1 Å². The van der Waals surface area contributed by atoms with E-state index in [1.807, 2.05) is 42.2 Å². The van der Waals surface area contributed by atoms with Crippen molar-refractivity contribution in [2.75, 3.05) is 37.0 Å². The summed E-state index contributed by atoms with van der Waals surface area (Å²) in [5.41, 5.74) is 2.07. The lowest BCUT2D eigenvalue weighted by Crippen LogP contribution is -2.61. The summed E-state index contributed by atoms with van der Waals surface area (Å²) in [6.07, 6.45) is 5.14. The van der Waals surface area contributed by atoms with E-state index in [-0.39, 0.29) is 6.03 Å². The van der Waals surface area contributed by atoms with Crippen molar-refractivity contribution in [1.29, 1.82) is 0 Å². The van der Waals surface area contributed by atoms with Crippen LogP contribution in [0, 0.1) is 0 Å². The van der Waals surface area contributed by atoms with Gasteiger partial charge in [0, 0.05) is 49.4 Å². The quantitative estimate of drug-likeness (QED) is 0.237. The van der Waals surface area contributed by atoms with Crippen molar-refractivity contribution in [1.82, 2.24) is 30.6 Å². The van der Waals surface area contributed by atoms with Crippen molar-refractivity contribution in [2.45, 2.75) is 51.7 Å². The number of carbonyl (C=O) groups excluding carboxylic acids is 3. The smallest absolute Gasteiger partial charge is 0.408 e. The minimum atomic E-state index is -1.21. The van der Waals surface area contributed by atoms with Crippen LogP contribution in [0.15, 0.2) is 48.9 Å². The number of urea groups is 1. The molecule has 0 atom stereocenters. The number of aromatic nitrogens is 4. The molecule has 45 heavy (non-hydrogen) atoms. The van der Waals surface area contributed by atoms with Gasteiger partial charge in [0.05, 0.1) is 23.0 Å². The van der Waals surface area contributed by atoms with Crippen molar-refractivity contribution in [3.63, 3.8) is 0 Å². The number of fused-ring (bicyclic) bond motifs is 1. The maximum Gasteiger partial charge on any atom is 0.408 e. The van der Waals surface area contributed by atoms with Crippen LogP contribution in [0.1, 0.15) is 40.5 Å². The highest BCUT2D eigenvalue weighted by atomic mass is 32.1. The number of esters is 1. The summed E-state index contributed by atoms with van der Waals surface area (Å²) in [6, 6.07) is 9.34. The Balaban J connectivity index is 1.37. The van der Waals surface area contributed by atoms with E-state index in [4.69, 9.17) is 9.47 Å². The van der Waals surface area contributed by atoms with Crippen LogP contribution >= 0.6 is 11.3 Å². The van der Waals surface area contributed by atoms with E-state index in [1.165, 1.54) is 18.4 Å². The van der Waals surface area contributed by atoms with Gasteiger partial charge in [-0.2, -0.15) is 0 Å². The first-order valence-corrected chi connectivity index (χ1v) is 15.4. The highest BCUT2D eigenvalue weighted by Gasteiger charge is 2.45. The number of nitrogens with one attached hydrogen (secondary N) is 3. The molecule has 13 nitrogen and oxygen atoms in total. The number of pyridine rings is 1. The van der Waals surface area contributed by atoms with Crippen LogP contribution in [-0.2, 0) is 14.3 Å². The molecule has 3 N–H and O–H groups in total. The van der Waals surface area contributed by atoms with Gasteiger partial charge in [-0.15, -0.1) is 0 Å². The van der Waals surface area contributed by atoms with E-state index in [0.717, 1.165) is 27.1 Å². The van der Waals surface area contributed by atoms with Gasteiger partial charge in [0.15, 0.2) is 5.13 Å². The molecule has 14 heteroatoms. The molecule has 3 aromatic heterocycles. The van der Waals surface area contributed by atoms with Crippen LogP contribution in [0.4, 0.5) is 20.7 Å². The lowest BCUT2D eigenvalue weighted by molar-refractivity contribution is -0.149. The second-order valence-corrected chi connectivity index (χ2v) is 12.5. The van der Waals surface area contributed by atoms with E-state index in [9.17, 15) is 14.4 Å². The lowest BCUT2D eigenvalue weighted by Gasteiger charge is -2.40. The zero-order chi connectivity index (χ0) is 32.2. The molecule has 1 fully saturated rings. The number of carbonyl (C=O) groups is 3. The minimum Gasteiger partial charge on any atom is -0.467 e. The van der Waals surface area contributed by atoms with E-state index < -0.39 is 23.2 Å². The standard InChI is InChI=1S/C31H36N8O5S/c1-6-32-27(41)37-28-36-23-16-19(15-21(24(23)45-28)22-9-7-8-12-33-22)20-17-34-26(35-18-20)39-13-10-31(11-14-39,25(40)43-5)38-29(42)44-30(2,3)4/h7-9,12,15-18H,6,10-11,13-14H2,1-5H3,(H,38,42)(H2,32,36,37,41). The number of rotatable bonds is 7. The van der Waals surface area contributed by atoms with Crippen molar-refractivity contribution >= 4 is 50.7 Å². The summed E-state index contributed by atoms with van der Waals surface area (Å²) in [5.74, 6) is -0.0163. The highest BCUT2D eigenvalue weighted by Crippen LogP contribution is 2.38. The van der Waals surface area contributed by atoms with Crippen LogP contribution in [0.5, 0.6) is 0 Å². The predicted octanol–water partition coefficient (Wildman–Crippen LogP) is 4.99. The first-order valence-electron chi connectivity index (χ1n) is 14.6. The Bertz CT molecular complexity index is 1680. The molecule has 0 bridgehead atoms. The number of amides is 3. The van der Waals surface area contributed by atoms with Gasteiger partial charge in [0.1, 0.15) is 11.1 Å². The van der Waals surface area contributed by atoms with Gasteiger partial charge < -0.3 is 25.0 Å². The number of hydrogen-bond acceptors (Lipinski definition) is 11. The van der Waals surface area contributed by atoms with Crippen LogP contribution in [0.25, 0.3) is 32.6 Å². The third-order valence-electron chi connectivity index (χ3n) is 7.18. The van der Waals surface area contributed by atoms with E-state index in [2.05, 4.69) is 35.9 Å².